The van der Waals surface area contributed by atoms with E-state index in [2.05, 4.69) is 20.6 Å². The Morgan fingerprint density at radius 2 is 2.10 bits per heavy atom. The van der Waals surface area contributed by atoms with Crippen LogP contribution in [0.5, 0.6) is 11.5 Å². The molecule has 0 saturated heterocycles. The van der Waals surface area contributed by atoms with Gasteiger partial charge in [-0.15, -0.1) is 0 Å². The smallest absolute Gasteiger partial charge is 0.405 e. The van der Waals surface area contributed by atoms with Crippen LogP contribution < -0.4 is 15.4 Å². The van der Waals surface area contributed by atoms with Crippen LogP contribution in [0, 0.1) is 6.92 Å². The van der Waals surface area contributed by atoms with Gasteiger partial charge in [0.1, 0.15) is 34.7 Å². The van der Waals surface area contributed by atoms with Gasteiger partial charge in [-0.25, -0.2) is 9.78 Å². The molecule has 0 saturated carbocycles. The normalized spacial score (nSPS) is 14.8. The molecule has 0 fully saturated rings. The summed E-state index contributed by atoms with van der Waals surface area (Å²) in [5.41, 5.74) is 3.06. The maximum atomic E-state index is 12.9. The zero-order valence-electron chi connectivity index (χ0n) is 21.9. The van der Waals surface area contributed by atoms with Crippen molar-refractivity contribution in [2.24, 2.45) is 0 Å². The van der Waals surface area contributed by atoms with Crippen LogP contribution in [-0.4, -0.2) is 51.0 Å². The van der Waals surface area contributed by atoms with Gasteiger partial charge in [0.05, 0.1) is 12.7 Å². The van der Waals surface area contributed by atoms with Gasteiger partial charge in [-0.2, -0.15) is 0 Å². The van der Waals surface area contributed by atoms with Crippen molar-refractivity contribution in [1.82, 2.24) is 20.2 Å². The zero-order valence-corrected chi connectivity index (χ0v) is 21.9. The van der Waals surface area contributed by atoms with E-state index in [1.54, 1.807) is 42.7 Å². The fraction of sp³-hybridized carbons (Fsp3) is 0.207. The first kappa shape index (κ1) is 26.4. The second kappa shape index (κ2) is 11.3. The van der Waals surface area contributed by atoms with Crippen molar-refractivity contribution in [3.8, 4) is 11.5 Å². The van der Waals surface area contributed by atoms with E-state index in [0.29, 0.717) is 47.1 Å². The number of aryl methyl sites for hydroxylation is 2. The molecule has 11 nitrogen and oxygen atoms in total. The molecule has 11 heteroatoms. The number of nitrogens with one attached hydrogen (secondary N) is 2. The van der Waals surface area contributed by atoms with Crippen molar-refractivity contribution in [2.45, 2.75) is 32.4 Å². The molecular weight excluding hydrogens is 514 g/mol. The Hall–Kier alpha value is -5.19. The number of rotatable bonds is 7. The lowest BCUT2D eigenvalue weighted by Gasteiger charge is -2.14. The molecule has 1 aliphatic rings. The number of furan rings is 1. The number of amides is 3. The van der Waals surface area contributed by atoms with E-state index < -0.39 is 18.0 Å². The summed E-state index contributed by atoms with van der Waals surface area (Å²) in [6.45, 7) is 2.22. The number of hydrogen-bond acceptors (Lipinski definition) is 7. The third-order valence-corrected chi connectivity index (χ3v) is 6.60. The number of carbonyl (C=O) groups is 3. The Morgan fingerprint density at radius 1 is 1.25 bits per heavy atom. The third kappa shape index (κ3) is 5.93. The van der Waals surface area contributed by atoms with E-state index in [1.165, 1.54) is 6.08 Å². The topological polar surface area (TPSA) is 147 Å². The molecule has 1 atom stereocenters. The van der Waals surface area contributed by atoms with Crippen molar-refractivity contribution in [3.05, 3.63) is 83.5 Å². The van der Waals surface area contributed by atoms with Crippen molar-refractivity contribution < 1.29 is 28.6 Å². The van der Waals surface area contributed by atoms with Crippen LogP contribution in [0.25, 0.3) is 17.0 Å². The Bertz CT molecular complexity index is 1610. The van der Waals surface area contributed by atoms with Crippen LogP contribution in [0.1, 0.15) is 28.9 Å². The largest absolute Gasteiger partial charge is 0.465 e. The van der Waals surface area contributed by atoms with Gasteiger partial charge in [-0.1, -0.05) is 0 Å². The number of anilines is 1. The average Bonchev–Trinajstić information content (AvgIpc) is 3.15. The highest BCUT2D eigenvalue weighted by molar-refractivity contribution is 5.97. The first-order valence-electron chi connectivity index (χ1n) is 12.6. The Balaban J connectivity index is 1.24. The molecule has 3 N–H and O–H groups in total. The Kier molecular flexibility index (Phi) is 7.45. The minimum Gasteiger partial charge on any atom is -0.465 e. The molecule has 40 heavy (non-hydrogen) atoms. The van der Waals surface area contributed by atoms with Gasteiger partial charge in [0.15, 0.2) is 0 Å². The van der Waals surface area contributed by atoms with Gasteiger partial charge in [0.2, 0.25) is 11.8 Å². The molecule has 1 aromatic carbocycles. The highest BCUT2D eigenvalue weighted by atomic mass is 16.5. The Labute approximate surface area is 229 Å². The van der Waals surface area contributed by atoms with E-state index in [0.717, 1.165) is 16.5 Å². The number of hydrogen-bond donors (Lipinski definition) is 3. The second-order valence-corrected chi connectivity index (χ2v) is 9.43. The van der Waals surface area contributed by atoms with Gasteiger partial charge < -0.3 is 29.8 Å². The number of benzene rings is 1. The fourth-order valence-corrected chi connectivity index (χ4v) is 4.44. The molecular formula is C29H27N5O6. The molecule has 3 aromatic heterocycles. The summed E-state index contributed by atoms with van der Waals surface area (Å²) < 4.78 is 11.9. The first-order chi connectivity index (χ1) is 19.3. The van der Waals surface area contributed by atoms with E-state index >= 15 is 0 Å². The predicted molar refractivity (Wildman–Crippen MR) is 147 cm³/mol. The summed E-state index contributed by atoms with van der Waals surface area (Å²) >= 11 is 0. The number of ether oxygens (including phenoxy) is 1. The monoisotopic (exact) mass is 541 g/mol. The Morgan fingerprint density at radius 3 is 2.88 bits per heavy atom. The van der Waals surface area contributed by atoms with E-state index in [4.69, 9.17) is 14.3 Å². The lowest BCUT2D eigenvalue weighted by atomic mass is 10.1. The lowest BCUT2D eigenvalue weighted by Crippen LogP contribution is -2.42. The summed E-state index contributed by atoms with van der Waals surface area (Å²) in [5.74, 6) is 1.67. The van der Waals surface area contributed by atoms with Gasteiger partial charge in [-0.05, 0) is 73.4 Å². The molecule has 5 rings (SSSR count). The first-order valence-corrected chi connectivity index (χ1v) is 12.6. The molecule has 4 heterocycles. The van der Waals surface area contributed by atoms with Crippen molar-refractivity contribution in [2.75, 3.05) is 12.4 Å². The minimum atomic E-state index is -1.26. The van der Waals surface area contributed by atoms with Crippen LogP contribution in [0.2, 0.25) is 0 Å². The number of carbonyl (C=O) groups excluding carboxylic acids is 2. The van der Waals surface area contributed by atoms with Crippen LogP contribution in [0.15, 0.2) is 65.5 Å². The molecule has 204 valence electrons. The SMILES string of the molecule is Cc1c(CN(C)C(=O)/C=C/c2cnc3c(c2)CC[C@H](NC(=O)O)C(=O)N3)oc2ccc(Oc3cccnc3)cc12. The van der Waals surface area contributed by atoms with Crippen LogP contribution in [-0.2, 0) is 22.6 Å². The number of carboxylic acid groups (broad SMARTS) is 1. The molecule has 0 bridgehead atoms. The highest BCUT2D eigenvalue weighted by Crippen LogP contribution is 2.31. The molecule has 1 aliphatic heterocycles. The number of aromatic nitrogens is 2. The fourth-order valence-electron chi connectivity index (χ4n) is 4.44. The van der Waals surface area contributed by atoms with Gasteiger partial charge in [0, 0.05) is 36.5 Å². The number of likely N-dealkylation sites (N-methyl/N-ethyl adjacent to an activating group) is 1. The van der Waals surface area contributed by atoms with Crippen LogP contribution >= 0.6 is 0 Å². The van der Waals surface area contributed by atoms with Gasteiger partial charge in [0.25, 0.3) is 0 Å². The third-order valence-electron chi connectivity index (χ3n) is 6.60. The zero-order chi connectivity index (χ0) is 28.2. The summed E-state index contributed by atoms with van der Waals surface area (Å²) in [6, 6.07) is 10.2. The van der Waals surface area contributed by atoms with Gasteiger partial charge in [-0.3, -0.25) is 14.6 Å². The highest BCUT2D eigenvalue weighted by Gasteiger charge is 2.25. The molecule has 3 amide bonds. The average molecular weight is 542 g/mol. The summed E-state index contributed by atoms with van der Waals surface area (Å²) in [6.07, 6.45) is 7.45. The second-order valence-electron chi connectivity index (χ2n) is 9.43. The number of pyridine rings is 2. The lowest BCUT2D eigenvalue weighted by molar-refractivity contribution is -0.125. The van der Waals surface area contributed by atoms with Crippen LogP contribution in [0.3, 0.4) is 0 Å². The van der Waals surface area contributed by atoms with E-state index in [-0.39, 0.29) is 12.5 Å². The minimum absolute atomic E-state index is 0.227. The van der Waals surface area contributed by atoms with Crippen LogP contribution in [0.4, 0.5) is 10.6 Å². The summed E-state index contributed by atoms with van der Waals surface area (Å²) in [5, 5.41) is 14.7. The maximum absolute atomic E-state index is 12.9. The van der Waals surface area contributed by atoms with E-state index in [1.807, 2.05) is 37.3 Å². The van der Waals surface area contributed by atoms with Crippen molar-refractivity contribution >= 4 is 40.8 Å². The maximum Gasteiger partial charge on any atom is 0.405 e. The standard InChI is InChI=1S/C29H27N5O6/c1-17-22-13-20(39-21-4-3-11-30-15-21)7-9-24(22)40-25(17)16-34(2)26(35)10-5-18-12-19-6-8-23(32-29(37)38)28(36)33-27(19)31-14-18/h3-5,7,9-15,23,32H,6,8,16H2,1-2H3,(H,37,38)(H,31,33,36)/b10-5+/t23-/m0/s1. The van der Waals surface area contributed by atoms with E-state index in [9.17, 15) is 14.4 Å². The molecule has 0 spiro atoms. The number of fused-ring (bicyclic) bond motifs is 2. The van der Waals surface area contributed by atoms with Gasteiger partial charge >= 0.3 is 6.09 Å². The molecule has 4 aromatic rings. The quantitative estimate of drug-likeness (QED) is 0.290. The van der Waals surface area contributed by atoms with Crippen molar-refractivity contribution in [1.29, 1.82) is 0 Å². The van der Waals surface area contributed by atoms with Crippen molar-refractivity contribution in [3.63, 3.8) is 0 Å². The summed E-state index contributed by atoms with van der Waals surface area (Å²) in [7, 11) is 1.69. The molecule has 0 radical (unpaired) electrons. The summed E-state index contributed by atoms with van der Waals surface area (Å²) in [4.78, 5) is 46.0. The predicted octanol–water partition coefficient (Wildman–Crippen LogP) is 4.52. The number of nitrogens with zero attached hydrogens (tertiary/aromatic N) is 3. The molecule has 0 unspecified atom stereocenters. The molecule has 0 aliphatic carbocycles.